The van der Waals surface area contributed by atoms with E-state index in [4.69, 9.17) is 10.5 Å². The summed E-state index contributed by atoms with van der Waals surface area (Å²) in [6.45, 7) is 0. The van der Waals surface area contributed by atoms with Crippen LogP contribution < -0.4 is 11.1 Å². The molecule has 0 saturated heterocycles. The lowest BCUT2D eigenvalue weighted by Crippen LogP contribution is -2.51. The maximum atomic E-state index is 12.2. The Hall–Kier alpha value is -2.41. The highest BCUT2D eigenvalue weighted by Gasteiger charge is 2.73. The molecule has 0 bridgehead atoms. The monoisotopic (exact) mass is 332 g/mol. The molecule has 1 aromatic carbocycles. The van der Waals surface area contributed by atoms with Crippen LogP contribution in [0.15, 0.2) is 30.3 Å². The van der Waals surface area contributed by atoms with Crippen LogP contribution in [0.4, 0.5) is 5.69 Å². The van der Waals surface area contributed by atoms with E-state index in [1.807, 2.05) is 18.2 Å². The Labute approximate surface area is 139 Å². The van der Waals surface area contributed by atoms with Crippen LogP contribution in [-0.2, 0) is 19.1 Å². The minimum atomic E-state index is -1.32. The van der Waals surface area contributed by atoms with E-state index >= 15 is 0 Å². The van der Waals surface area contributed by atoms with Gasteiger partial charge in [-0.1, -0.05) is 18.2 Å². The predicted molar refractivity (Wildman–Crippen MR) is 84.8 cm³/mol. The minimum absolute atomic E-state index is 0.135. The molecule has 7 heteroatoms. The molecule has 0 radical (unpaired) electrons. The number of para-hydroxylation sites is 1. The summed E-state index contributed by atoms with van der Waals surface area (Å²) in [6.07, 6.45) is 0.400. The summed E-state index contributed by atoms with van der Waals surface area (Å²) in [4.78, 5) is 35.7. The molecule has 2 fully saturated rings. The fourth-order valence-electron chi connectivity index (χ4n) is 4.20. The number of aliphatic carboxylic acids is 1. The van der Waals surface area contributed by atoms with E-state index in [-0.39, 0.29) is 30.6 Å². The zero-order valence-electron chi connectivity index (χ0n) is 13.3. The molecular formula is C17H20N2O5. The van der Waals surface area contributed by atoms with Gasteiger partial charge >= 0.3 is 11.9 Å². The molecule has 2 aliphatic carbocycles. The Bertz CT molecular complexity index is 677. The van der Waals surface area contributed by atoms with E-state index in [0.29, 0.717) is 5.69 Å². The van der Waals surface area contributed by atoms with Crippen molar-refractivity contribution < 1.29 is 24.2 Å². The van der Waals surface area contributed by atoms with Crippen LogP contribution in [0, 0.1) is 23.7 Å². The summed E-state index contributed by atoms with van der Waals surface area (Å²) in [7, 11) is 1.24. The molecule has 1 aromatic rings. The summed E-state index contributed by atoms with van der Waals surface area (Å²) < 4.78 is 4.75. The molecule has 7 nitrogen and oxygen atoms in total. The van der Waals surface area contributed by atoms with Crippen LogP contribution in [0.1, 0.15) is 12.8 Å². The third-order valence-corrected chi connectivity index (χ3v) is 5.17. The molecule has 2 aliphatic rings. The molecule has 1 amide bonds. The van der Waals surface area contributed by atoms with E-state index < -0.39 is 29.3 Å². The first-order chi connectivity index (χ1) is 11.4. The van der Waals surface area contributed by atoms with Crippen LogP contribution in [0.5, 0.6) is 0 Å². The average molecular weight is 332 g/mol. The number of carboxylic acids is 1. The van der Waals surface area contributed by atoms with Gasteiger partial charge in [0.25, 0.3) is 0 Å². The first-order valence-electron chi connectivity index (χ1n) is 7.83. The third kappa shape index (κ3) is 2.65. The Balaban J connectivity index is 1.71. The summed E-state index contributed by atoms with van der Waals surface area (Å²) >= 11 is 0. The molecule has 0 aromatic heterocycles. The summed E-state index contributed by atoms with van der Waals surface area (Å²) in [5.41, 5.74) is 5.53. The number of carbonyl (C=O) groups excluding carboxylic acids is 2. The smallest absolute Gasteiger partial charge is 0.326 e. The first kappa shape index (κ1) is 16.4. The maximum absolute atomic E-state index is 12.2. The maximum Gasteiger partial charge on any atom is 0.326 e. The van der Waals surface area contributed by atoms with Crippen molar-refractivity contribution in [3.63, 3.8) is 0 Å². The van der Waals surface area contributed by atoms with Gasteiger partial charge in [0.1, 0.15) is 5.54 Å². The van der Waals surface area contributed by atoms with Gasteiger partial charge in [-0.25, -0.2) is 0 Å². The van der Waals surface area contributed by atoms with E-state index in [2.05, 4.69) is 5.32 Å². The predicted octanol–water partition coefficient (Wildman–Crippen LogP) is 0.852. The van der Waals surface area contributed by atoms with Gasteiger partial charge in [-0.05, 0) is 30.4 Å². The molecule has 3 rings (SSSR count). The van der Waals surface area contributed by atoms with Crippen molar-refractivity contribution in [2.45, 2.75) is 18.4 Å². The number of fused-ring (bicyclic) bond motifs is 1. The number of nitrogens with one attached hydrogen (secondary N) is 1. The molecule has 4 N–H and O–H groups in total. The standard InChI is InChI=1S/C17H20N2O5/c1-24-16(23)17(18)8-9(12-13(14(12)17)15(21)22)7-11(20)19-10-5-3-2-4-6-10/h2-6,9,12-14H,7-8,18H2,1H3,(H,19,20)(H,21,22). The summed E-state index contributed by atoms with van der Waals surface area (Å²) in [6, 6.07) is 9.01. The highest BCUT2D eigenvalue weighted by molar-refractivity contribution is 5.92. The molecule has 24 heavy (non-hydrogen) atoms. The number of esters is 1. The molecule has 0 heterocycles. The van der Waals surface area contributed by atoms with Gasteiger partial charge in [0, 0.05) is 18.0 Å². The van der Waals surface area contributed by atoms with Gasteiger partial charge in [-0.15, -0.1) is 0 Å². The Kier molecular flexibility index (Phi) is 4.04. The van der Waals surface area contributed by atoms with Crippen molar-refractivity contribution in [2.75, 3.05) is 12.4 Å². The van der Waals surface area contributed by atoms with E-state index in [1.165, 1.54) is 7.11 Å². The number of benzene rings is 1. The van der Waals surface area contributed by atoms with Crippen molar-refractivity contribution >= 4 is 23.5 Å². The first-order valence-corrected chi connectivity index (χ1v) is 7.83. The SMILES string of the molecule is COC(=O)C1(N)CC(CC(=O)Nc2ccccc2)C2C(C(=O)O)C21. The molecule has 128 valence electrons. The Morgan fingerprint density at radius 2 is 2.00 bits per heavy atom. The fraction of sp³-hybridized carbons (Fsp3) is 0.471. The van der Waals surface area contributed by atoms with Crippen LogP contribution in [0.25, 0.3) is 0 Å². The summed E-state index contributed by atoms with van der Waals surface area (Å²) in [5, 5.41) is 12.1. The number of methoxy groups -OCH3 is 1. The lowest BCUT2D eigenvalue weighted by atomic mass is 9.86. The van der Waals surface area contributed by atoms with Crippen molar-refractivity contribution in [3.8, 4) is 0 Å². The number of hydrogen-bond donors (Lipinski definition) is 3. The quantitative estimate of drug-likeness (QED) is 0.688. The topological polar surface area (TPSA) is 119 Å². The molecule has 0 aliphatic heterocycles. The molecule has 0 spiro atoms. The van der Waals surface area contributed by atoms with Gasteiger partial charge in [0.2, 0.25) is 5.91 Å². The summed E-state index contributed by atoms with van der Waals surface area (Å²) in [5.74, 6) is -3.44. The minimum Gasteiger partial charge on any atom is -0.481 e. The largest absolute Gasteiger partial charge is 0.481 e. The number of amides is 1. The van der Waals surface area contributed by atoms with Crippen LogP contribution in [0.2, 0.25) is 0 Å². The van der Waals surface area contributed by atoms with Crippen molar-refractivity contribution in [2.24, 2.45) is 29.4 Å². The second-order valence-electron chi connectivity index (χ2n) is 6.58. The third-order valence-electron chi connectivity index (χ3n) is 5.17. The lowest BCUT2D eigenvalue weighted by molar-refractivity contribution is -0.149. The van der Waals surface area contributed by atoms with Crippen molar-refractivity contribution in [1.82, 2.24) is 0 Å². The fourth-order valence-corrected chi connectivity index (χ4v) is 4.20. The number of carboxylic acid groups (broad SMARTS) is 1. The second-order valence-corrected chi connectivity index (χ2v) is 6.58. The number of rotatable bonds is 5. The number of anilines is 1. The van der Waals surface area contributed by atoms with Crippen molar-refractivity contribution in [3.05, 3.63) is 30.3 Å². The van der Waals surface area contributed by atoms with Gasteiger partial charge in [0.15, 0.2) is 0 Å². The molecule has 2 saturated carbocycles. The second kappa shape index (κ2) is 5.90. The van der Waals surface area contributed by atoms with Gasteiger partial charge in [-0.2, -0.15) is 0 Å². The Morgan fingerprint density at radius 3 is 2.58 bits per heavy atom. The van der Waals surface area contributed by atoms with Crippen LogP contribution >= 0.6 is 0 Å². The van der Waals surface area contributed by atoms with Crippen LogP contribution in [0.3, 0.4) is 0 Å². The van der Waals surface area contributed by atoms with Crippen molar-refractivity contribution in [1.29, 1.82) is 0 Å². The molecular weight excluding hydrogens is 312 g/mol. The van der Waals surface area contributed by atoms with E-state index in [0.717, 1.165) is 0 Å². The highest BCUT2D eigenvalue weighted by atomic mass is 16.5. The zero-order chi connectivity index (χ0) is 17.5. The number of carbonyl (C=O) groups is 3. The van der Waals surface area contributed by atoms with Gasteiger partial charge in [0.05, 0.1) is 13.0 Å². The normalized spacial score (nSPS) is 33.4. The molecule has 5 unspecified atom stereocenters. The van der Waals surface area contributed by atoms with Crippen LogP contribution in [-0.4, -0.2) is 35.6 Å². The number of hydrogen-bond acceptors (Lipinski definition) is 5. The number of ether oxygens (including phenoxy) is 1. The Morgan fingerprint density at radius 1 is 1.33 bits per heavy atom. The lowest BCUT2D eigenvalue weighted by Gasteiger charge is -2.26. The molecule has 5 atom stereocenters. The zero-order valence-corrected chi connectivity index (χ0v) is 13.3. The van der Waals surface area contributed by atoms with E-state index in [1.54, 1.807) is 12.1 Å². The van der Waals surface area contributed by atoms with E-state index in [9.17, 15) is 19.5 Å². The number of nitrogens with two attached hydrogens (primary N) is 1. The highest BCUT2D eigenvalue weighted by Crippen LogP contribution is 2.65. The van der Waals surface area contributed by atoms with Gasteiger partial charge < -0.3 is 20.9 Å². The average Bonchev–Trinajstić information content (AvgIpc) is 3.24. The van der Waals surface area contributed by atoms with Gasteiger partial charge in [-0.3, -0.25) is 14.4 Å².